The van der Waals surface area contributed by atoms with Gasteiger partial charge in [-0.25, -0.2) is 0 Å². The zero-order chi connectivity index (χ0) is 17.0. The van der Waals surface area contributed by atoms with Crippen LogP contribution in [0.4, 0.5) is 5.69 Å². The standard InChI is InChI=1S/C19H33N5/c1-3-11-21-19(20-2)22-12-7-8-13-23-14-16-24(17-15-23)18-9-5-4-6-10-18/h4-6,9-10H,3,7-8,11-17H2,1-2H3,(H2,20,21,22). The van der Waals surface area contributed by atoms with E-state index in [9.17, 15) is 0 Å². The fourth-order valence-corrected chi connectivity index (χ4v) is 3.00. The number of benzene rings is 1. The number of piperazine rings is 1. The first kappa shape index (κ1) is 18.6. The maximum absolute atomic E-state index is 4.23. The number of nitrogens with one attached hydrogen (secondary N) is 2. The van der Waals surface area contributed by atoms with Crippen LogP contribution in [0, 0.1) is 0 Å². The Kier molecular flexibility index (Phi) is 8.46. The molecule has 0 saturated carbocycles. The summed E-state index contributed by atoms with van der Waals surface area (Å²) in [6, 6.07) is 10.7. The smallest absolute Gasteiger partial charge is 0.190 e. The molecule has 1 saturated heterocycles. The Morgan fingerprint density at radius 2 is 1.71 bits per heavy atom. The topological polar surface area (TPSA) is 42.9 Å². The first-order valence-electron chi connectivity index (χ1n) is 9.30. The Morgan fingerprint density at radius 1 is 1.00 bits per heavy atom. The van der Waals surface area contributed by atoms with Crippen LogP contribution in [0.25, 0.3) is 0 Å². The molecule has 1 aliphatic heterocycles. The van der Waals surface area contributed by atoms with Crippen LogP contribution in [0.1, 0.15) is 26.2 Å². The molecule has 2 N–H and O–H groups in total. The van der Waals surface area contributed by atoms with Crippen LogP contribution in [-0.2, 0) is 0 Å². The summed E-state index contributed by atoms with van der Waals surface area (Å²) >= 11 is 0. The van der Waals surface area contributed by atoms with Gasteiger partial charge >= 0.3 is 0 Å². The molecule has 0 amide bonds. The minimum Gasteiger partial charge on any atom is -0.369 e. The normalized spacial score (nSPS) is 16.2. The van der Waals surface area contributed by atoms with E-state index in [1.165, 1.54) is 38.2 Å². The number of unbranched alkanes of at least 4 members (excludes halogenated alkanes) is 1. The van der Waals surface area contributed by atoms with Crippen LogP contribution in [0.5, 0.6) is 0 Å². The number of rotatable bonds is 8. The van der Waals surface area contributed by atoms with Crippen molar-refractivity contribution in [2.24, 2.45) is 4.99 Å². The largest absolute Gasteiger partial charge is 0.369 e. The van der Waals surface area contributed by atoms with Gasteiger partial charge in [-0.2, -0.15) is 0 Å². The van der Waals surface area contributed by atoms with Crippen molar-refractivity contribution < 1.29 is 0 Å². The predicted octanol–water partition coefficient (Wildman–Crippen LogP) is 2.16. The van der Waals surface area contributed by atoms with E-state index in [2.05, 4.69) is 62.7 Å². The van der Waals surface area contributed by atoms with Crippen molar-refractivity contribution in [1.82, 2.24) is 15.5 Å². The molecule has 2 rings (SSSR count). The number of aliphatic imine (C=N–C) groups is 1. The lowest BCUT2D eigenvalue weighted by molar-refractivity contribution is 0.253. The summed E-state index contributed by atoms with van der Waals surface area (Å²) in [7, 11) is 1.83. The molecule has 24 heavy (non-hydrogen) atoms. The summed E-state index contributed by atoms with van der Waals surface area (Å²) < 4.78 is 0. The number of guanidine groups is 1. The van der Waals surface area contributed by atoms with Gasteiger partial charge in [0.2, 0.25) is 0 Å². The molecule has 1 aromatic carbocycles. The predicted molar refractivity (Wildman–Crippen MR) is 104 cm³/mol. The van der Waals surface area contributed by atoms with Gasteiger partial charge in [0.1, 0.15) is 0 Å². The lowest BCUT2D eigenvalue weighted by Gasteiger charge is -2.36. The molecule has 5 nitrogen and oxygen atoms in total. The Balaban J connectivity index is 1.55. The SMILES string of the molecule is CCCNC(=NC)NCCCCN1CCN(c2ccccc2)CC1. The van der Waals surface area contributed by atoms with Crippen LogP contribution in [0.15, 0.2) is 35.3 Å². The number of para-hydroxylation sites is 1. The molecule has 134 valence electrons. The van der Waals surface area contributed by atoms with Gasteiger partial charge in [0, 0.05) is 52.0 Å². The third-order valence-corrected chi connectivity index (χ3v) is 4.45. The Bertz CT molecular complexity index is 466. The summed E-state index contributed by atoms with van der Waals surface area (Å²) in [4.78, 5) is 9.30. The Morgan fingerprint density at radius 3 is 2.38 bits per heavy atom. The van der Waals surface area contributed by atoms with Gasteiger partial charge in [-0.1, -0.05) is 25.1 Å². The van der Waals surface area contributed by atoms with Crippen LogP contribution in [0.2, 0.25) is 0 Å². The number of nitrogens with zero attached hydrogens (tertiary/aromatic N) is 3. The van der Waals surface area contributed by atoms with Crippen LogP contribution in [0.3, 0.4) is 0 Å². The third-order valence-electron chi connectivity index (χ3n) is 4.45. The van der Waals surface area contributed by atoms with Crippen LogP contribution >= 0.6 is 0 Å². The van der Waals surface area contributed by atoms with Crippen molar-refractivity contribution in [3.05, 3.63) is 30.3 Å². The Labute approximate surface area is 147 Å². The van der Waals surface area contributed by atoms with E-state index in [-0.39, 0.29) is 0 Å². The van der Waals surface area contributed by atoms with Crippen LogP contribution in [-0.4, -0.2) is 63.7 Å². The minimum atomic E-state index is 0.924. The molecule has 1 heterocycles. The highest BCUT2D eigenvalue weighted by atomic mass is 15.3. The molecule has 1 aromatic rings. The fourth-order valence-electron chi connectivity index (χ4n) is 3.00. The first-order valence-corrected chi connectivity index (χ1v) is 9.30. The van der Waals surface area contributed by atoms with Crippen LogP contribution < -0.4 is 15.5 Å². The quantitative estimate of drug-likeness (QED) is 0.435. The maximum atomic E-state index is 4.23. The summed E-state index contributed by atoms with van der Waals surface area (Å²) in [5.74, 6) is 0.924. The summed E-state index contributed by atoms with van der Waals surface area (Å²) in [6.45, 7) is 9.94. The summed E-state index contributed by atoms with van der Waals surface area (Å²) in [5.41, 5.74) is 1.35. The van der Waals surface area contributed by atoms with E-state index in [1.807, 2.05) is 7.05 Å². The highest BCUT2D eigenvalue weighted by Crippen LogP contribution is 2.15. The highest BCUT2D eigenvalue weighted by molar-refractivity contribution is 5.79. The van der Waals surface area contributed by atoms with E-state index < -0.39 is 0 Å². The fraction of sp³-hybridized carbons (Fsp3) is 0.632. The van der Waals surface area contributed by atoms with Gasteiger partial charge in [0.15, 0.2) is 5.96 Å². The van der Waals surface area contributed by atoms with Crippen molar-refractivity contribution in [3.8, 4) is 0 Å². The average molecular weight is 332 g/mol. The lowest BCUT2D eigenvalue weighted by atomic mass is 10.2. The molecule has 0 aliphatic carbocycles. The zero-order valence-corrected chi connectivity index (χ0v) is 15.3. The molecule has 1 fully saturated rings. The van der Waals surface area contributed by atoms with E-state index >= 15 is 0 Å². The Hall–Kier alpha value is -1.75. The van der Waals surface area contributed by atoms with Gasteiger partial charge in [0.05, 0.1) is 0 Å². The van der Waals surface area contributed by atoms with Gasteiger partial charge in [0.25, 0.3) is 0 Å². The van der Waals surface area contributed by atoms with E-state index in [4.69, 9.17) is 0 Å². The van der Waals surface area contributed by atoms with Crippen molar-refractivity contribution in [1.29, 1.82) is 0 Å². The number of hydrogen-bond acceptors (Lipinski definition) is 3. The summed E-state index contributed by atoms with van der Waals surface area (Å²) in [5, 5.41) is 6.69. The number of hydrogen-bond donors (Lipinski definition) is 2. The maximum Gasteiger partial charge on any atom is 0.190 e. The molecule has 0 unspecified atom stereocenters. The van der Waals surface area contributed by atoms with E-state index in [0.29, 0.717) is 0 Å². The van der Waals surface area contributed by atoms with Crippen molar-refractivity contribution >= 4 is 11.6 Å². The molecule has 0 atom stereocenters. The van der Waals surface area contributed by atoms with Gasteiger partial charge in [-0.15, -0.1) is 0 Å². The van der Waals surface area contributed by atoms with Crippen molar-refractivity contribution in [3.63, 3.8) is 0 Å². The molecule has 1 aliphatic rings. The van der Waals surface area contributed by atoms with Gasteiger partial charge in [-0.3, -0.25) is 9.89 Å². The van der Waals surface area contributed by atoms with E-state index in [1.54, 1.807) is 0 Å². The second-order valence-corrected chi connectivity index (χ2v) is 6.30. The van der Waals surface area contributed by atoms with Gasteiger partial charge in [-0.05, 0) is 37.9 Å². The second kappa shape index (κ2) is 10.9. The average Bonchev–Trinajstić information content (AvgIpc) is 2.65. The third kappa shape index (κ3) is 6.40. The molecule has 0 aromatic heterocycles. The monoisotopic (exact) mass is 331 g/mol. The van der Waals surface area contributed by atoms with E-state index in [0.717, 1.165) is 38.6 Å². The summed E-state index contributed by atoms with van der Waals surface area (Å²) in [6.07, 6.45) is 3.55. The molecule has 0 spiro atoms. The molecule has 0 bridgehead atoms. The van der Waals surface area contributed by atoms with Crippen molar-refractivity contribution in [2.75, 3.05) is 57.8 Å². The first-order chi connectivity index (χ1) is 11.8. The highest BCUT2D eigenvalue weighted by Gasteiger charge is 2.16. The second-order valence-electron chi connectivity index (χ2n) is 6.30. The molecular formula is C19H33N5. The minimum absolute atomic E-state index is 0.924. The molecular weight excluding hydrogens is 298 g/mol. The molecule has 0 radical (unpaired) electrons. The van der Waals surface area contributed by atoms with Crippen molar-refractivity contribution in [2.45, 2.75) is 26.2 Å². The number of anilines is 1. The lowest BCUT2D eigenvalue weighted by Crippen LogP contribution is -2.46. The van der Waals surface area contributed by atoms with Gasteiger partial charge < -0.3 is 15.5 Å². The molecule has 5 heteroatoms. The zero-order valence-electron chi connectivity index (χ0n) is 15.3.